The van der Waals surface area contributed by atoms with E-state index in [4.69, 9.17) is 0 Å². The highest BCUT2D eigenvalue weighted by Gasteiger charge is 2.35. The van der Waals surface area contributed by atoms with Crippen LogP contribution >= 0.6 is 0 Å². The molecule has 1 saturated carbocycles. The lowest BCUT2D eigenvalue weighted by molar-refractivity contribution is 0.239. The van der Waals surface area contributed by atoms with Crippen LogP contribution < -0.4 is 4.90 Å². The predicted octanol–water partition coefficient (Wildman–Crippen LogP) is 3.48. The molecule has 19 heavy (non-hydrogen) atoms. The second-order valence-corrected chi connectivity index (χ2v) is 5.85. The minimum Gasteiger partial charge on any atom is -0.392 e. The van der Waals surface area contributed by atoms with Gasteiger partial charge in [-0.3, -0.25) is 0 Å². The largest absolute Gasteiger partial charge is 0.392 e. The Bertz CT molecular complexity index is 446. The van der Waals surface area contributed by atoms with Crippen LogP contribution in [0.15, 0.2) is 18.2 Å². The summed E-state index contributed by atoms with van der Waals surface area (Å²) in [5, 5.41) is 9.48. The van der Waals surface area contributed by atoms with Crippen molar-refractivity contribution in [3.05, 3.63) is 29.6 Å². The number of halogens is 1. The van der Waals surface area contributed by atoms with Gasteiger partial charge in [-0.2, -0.15) is 0 Å². The number of anilines is 1. The fraction of sp³-hybridized carbons (Fsp3) is 0.625. The third kappa shape index (κ3) is 2.36. The molecule has 0 radical (unpaired) electrons. The first-order chi connectivity index (χ1) is 9.31. The van der Waals surface area contributed by atoms with Gasteiger partial charge in [0.15, 0.2) is 0 Å². The Kier molecular flexibility index (Phi) is 3.74. The molecule has 1 aliphatic heterocycles. The van der Waals surface area contributed by atoms with Gasteiger partial charge in [0.2, 0.25) is 0 Å². The summed E-state index contributed by atoms with van der Waals surface area (Å²) >= 11 is 0. The lowest BCUT2D eigenvalue weighted by Gasteiger charge is -2.46. The van der Waals surface area contributed by atoms with Crippen molar-refractivity contribution < 1.29 is 9.50 Å². The van der Waals surface area contributed by atoms with Crippen LogP contribution in [0.4, 0.5) is 10.1 Å². The molecule has 1 N–H and O–H groups in total. The van der Waals surface area contributed by atoms with Crippen LogP contribution in [0.3, 0.4) is 0 Å². The summed E-state index contributed by atoms with van der Waals surface area (Å²) in [6, 6.07) is 5.52. The minimum atomic E-state index is -0.183. The Hall–Kier alpha value is -1.09. The molecule has 2 nitrogen and oxygen atoms in total. The van der Waals surface area contributed by atoms with Crippen LogP contribution in [0.1, 0.15) is 44.1 Å². The number of aliphatic hydroxyl groups is 1. The minimum absolute atomic E-state index is 0.0824. The summed E-state index contributed by atoms with van der Waals surface area (Å²) in [5.74, 6) is 0.534. The van der Waals surface area contributed by atoms with E-state index < -0.39 is 0 Å². The first kappa shape index (κ1) is 12.9. The smallest absolute Gasteiger partial charge is 0.146 e. The second-order valence-electron chi connectivity index (χ2n) is 5.85. The molecule has 1 aromatic carbocycles. The SMILES string of the molecule is OCc1cccc(F)c1N1CCC[C@H]2CCCC[C@H]21. The number of piperidine rings is 1. The Balaban J connectivity index is 1.96. The number of hydrogen-bond acceptors (Lipinski definition) is 2. The number of hydrogen-bond donors (Lipinski definition) is 1. The van der Waals surface area contributed by atoms with Crippen LogP contribution in [0, 0.1) is 11.7 Å². The molecule has 1 aromatic rings. The lowest BCUT2D eigenvalue weighted by Crippen LogP contribution is -2.47. The average molecular weight is 263 g/mol. The molecule has 0 aromatic heterocycles. The molecule has 1 saturated heterocycles. The number of nitrogens with zero attached hydrogens (tertiary/aromatic N) is 1. The van der Waals surface area contributed by atoms with E-state index in [1.54, 1.807) is 6.07 Å². The molecule has 2 fully saturated rings. The van der Waals surface area contributed by atoms with Gasteiger partial charge in [0.1, 0.15) is 5.82 Å². The van der Waals surface area contributed by atoms with Gasteiger partial charge in [-0.1, -0.05) is 25.0 Å². The number of benzene rings is 1. The van der Waals surface area contributed by atoms with Gasteiger partial charge in [0.25, 0.3) is 0 Å². The molecular weight excluding hydrogens is 241 g/mol. The van der Waals surface area contributed by atoms with Crippen LogP contribution in [0.2, 0.25) is 0 Å². The van der Waals surface area contributed by atoms with Gasteiger partial charge < -0.3 is 10.0 Å². The highest BCUT2D eigenvalue weighted by atomic mass is 19.1. The van der Waals surface area contributed by atoms with Crippen molar-refractivity contribution in [1.82, 2.24) is 0 Å². The Morgan fingerprint density at radius 2 is 1.95 bits per heavy atom. The fourth-order valence-corrected chi connectivity index (χ4v) is 3.91. The van der Waals surface area contributed by atoms with Crippen LogP contribution in [-0.2, 0) is 6.61 Å². The molecule has 3 rings (SSSR count). The molecule has 104 valence electrons. The number of rotatable bonds is 2. The molecule has 2 atom stereocenters. The van der Waals surface area contributed by atoms with E-state index in [1.807, 2.05) is 6.07 Å². The molecule has 0 amide bonds. The van der Waals surface area contributed by atoms with E-state index >= 15 is 0 Å². The van der Waals surface area contributed by atoms with Gasteiger partial charge in [-0.15, -0.1) is 0 Å². The van der Waals surface area contributed by atoms with Gasteiger partial charge in [-0.25, -0.2) is 4.39 Å². The van der Waals surface area contributed by atoms with Gasteiger partial charge in [0.05, 0.1) is 12.3 Å². The molecule has 3 heteroatoms. The van der Waals surface area contributed by atoms with Gasteiger partial charge in [0, 0.05) is 18.2 Å². The first-order valence-electron chi connectivity index (χ1n) is 7.46. The Morgan fingerprint density at radius 1 is 1.16 bits per heavy atom. The van der Waals surface area contributed by atoms with Crippen LogP contribution in [-0.4, -0.2) is 17.7 Å². The van der Waals surface area contributed by atoms with E-state index in [-0.39, 0.29) is 12.4 Å². The zero-order chi connectivity index (χ0) is 13.2. The Morgan fingerprint density at radius 3 is 2.79 bits per heavy atom. The number of para-hydroxylation sites is 1. The summed E-state index contributed by atoms with van der Waals surface area (Å²) in [6.07, 6.45) is 7.44. The molecule has 0 spiro atoms. The summed E-state index contributed by atoms with van der Waals surface area (Å²) in [5.41, 5.74) is 1.38. The number of fused-ring (bicyclic) bond motifs is 1. The van der Waals surface area contributed by atoms with Crippen LogP contribution in [0.5, 0.6) is 0 Å². The van der Waals surface area contributed by atoms with Crippen molar-refractivity contribution in [2.75, 3.05) is 11.4 Å². The van der Waals surface area contributed by atoms with E-state index in [1.165, 1.54) is 38.2 Å². The second kappa shape index (κ2) is 5.49. The molecule has 1 aliphatic carbocycles. The third-order valence-electron chi connectivity index (χ3n) is 4.77. The van der Waals surface area contributed by atoms with E-state index in [0.717, 1.165) is 18.5 Å². The van der Waals surface area contributed by atoms with Gasteiger partial charge in [-0.05, 0) is 37.7 Å². The molecule has 2 aliphatic rings. The Labute approximate surface area is 114 Å². The normalized spacial score (nSPS) is 27.2. The van der Waals surface area contributed by atoms with E-state index in [9.17, 15) is 9.50 Å². The van der Waals surface area contributed by atoms with E-state index in [2.05, 4.69) is 4.90 Å². The standard InChI is InChI=1S/C16H22FNO/c17-14-8-3-6-13(11-19)16(14)18-10-4-7-12-5-1-2-9-15(12)18/h3,6,8,12,15,19H,1-2,4-5,7,9-11H2/t12-,15-/m1/s1. The molecular formula is C16H22FNO. The van der Waals surface area contributed by atoms with Crippen molar-refractivity contribution in [2.24, 2.45) is 5.92 Å². The zero-order valence-electron chi connectivity index (χ0n) is 11.3. The van der Waals surface area contributed by atoms with Crippen molar-refractivity contribution >= 4 is 5.69 Å². The summed E-state index contributed by atoms with van der Waals surface area (Å²) in [6.45, 7) is 0.843. The molecule has 0 bridgehead atoms. The maximum Gasteiger partial charge on any atom is 0.146 e. The topological polar surface area (TPSA) is 23.5 Å². The van der Waals surface area contributed by atoms with Crippen LogP contribution in [0.25, 0.3) is 0 Å². The summed E-state index contributed by atoms with van der Waals surface area (Å²) < 4.78 is 14.2. The lowest BCUT2D eigenvalue weighted by atomic mass is 9.78. The van der Waals surface area contributed by atoms with Crippen molar-refractivity contribution in [3.8, 4) is 0 Å². The van der Waals surface area contributed by atoms with Crippen molar-refractivity contribution in [2.45, 2.75) is 51.2 Å². The van der Waals surface area contributed by atoms with Gasteiger partial charge >= 0.3 is 0 Å². The summed E-state index contributed by atoms with van der Waals surface area (Å²) in [4.78, 5) is 2.24. The molecule has 1 heterocycles. The maximum absolute atomic E-state index is 14.2. The third-order valence-corrected chi connectivity index (χ3v) is 4.77. The predicted molar refractivity (Wildman–Crippen MR) is 74.6 cm³/mol. The number of aliphatic hydroxyl groups excluding tert-OH is 1. The highest BCUT2D eigenvalue weighted by molar-refractivity contribution is 5.56. The highest BCUT2D eigenvalue weighted by Crippen LogP contribution is 2.39. The monoisotopic (exact) mass is 263 g/mol. The molecule has 0 unspecified atom stereocenters. The summed E-state index contributed by atoms with van der Waals surface area (Å²) in [7, 11) is 0. The van der Waals surface area contributed by atoms with Crippen molar-refractivity contribution in [1.29, 1.82) is 0 Å². The quantitative estimate of drug-likeness (QED) is 0.883. The average Bonchev–Trinajstić information content (AvgIpc) is 2.46. The maximum atomic E-state index is 14.2. The van der Waals surface area contributed by atoms with Crippen molar-refractivity contribution in [3.63, 3.8) is 0 Å². The zero-order valence-corrected chi connectivity index (χ0v) is 11.3. The first-order valence-corrected chi connectivity index (χ1v) is 7.46. The van der Waals surface area contributed by atoms with E-state index in [0.29, 0.717) is 17.6 Å². The fourth-order valence-electron chi connectivity index (χ4n) is 3.91.